The van der Waals surface area contributed by atoms with Gasteiger partial charge in [-0.1, -0.05) is 25.7 Å². The van der Waals surface area contributed by atoms with E-state index in [1.807, 2.05) is 0 Å². The molecule has 2 heteroatoms. The Morgan fingerprint density at radius 2 is 0.950 bits per heavy atom. The summed E-state index contributed by atoms with van der Waals surface area (Å²) in [5.74, 6) is 6.59. The van der Waals surface area contributed by atoms with Crippen LogP contribution in [0.3, 0.4) is 0 Å². The van der Waals surface area contributed by atoms with Crippen molar-refractivity contribution in [2.75, 3.05) is 26.4 Å². The molecule has 0 radical (unpaired) electrons. The van der Waals surface area contributed by atoms with Crippen LogP contribution >= 0.6 is 0 Å². The highest BCUT2D eigenvalue weighted by Gasteiger charge is 1.90. The number of ether oxygens (including phenoxy) is 2. The Bertz CT molecular complexity index is 205. The molecule has 0 saturated carbocycles. The van der Waals surface area contributed by atoms with Crippen LogP contribution in [0.5, 0.6) is 0 Å². The van der Waals surface area contributed by atoms with E-state index in [2.05, 4.69) is 25.7 Å². The lowest BCUT2D eigenvalue weighted by Gasteiger charge is -2.00. The standard InChI is InChI=1S/C18H34O2/c1-3-19-17-15-13-11-9-7-5-6-8-10-12-14-16-18-20-4-2/h3-4,7-18H2,1-2H3. The number of hydrogen-bond acceptors (Lipinski definition) is 2. The van der Waals surface area contributed by atoms with E-state index in [4.69, 9.17) is 9.47 Å². The smallest absolute Gasteiger partial charge is 0.0465 e. The van der Waals surface area contributed by atoms with Gasteiger partial charge in [0.25, 0.3) is 0 Å². The fraction of sp³-hybridized carbons (Fsp3) is 0.889. The molecule has 0 unspecified atom stereocenters. The minimum atomic E-state index is 0.844. The predicted molar refractivity (Wildman–Crippen MR) is 86.9 cm³/mol. The zero-order valence-electron chi connectivity index (χ0n) is 13.7. The van der Waals surface area contributed by atoms with Crippen LogP contribution in [0.4, 0.5) is 0 Å². The average Bonchev–Trinajstić information content (AvgIpc) is 2.47. The minimum absolute atomic E-state index is 0.844. The average molecular weight is 282 g/mol. The van der Waals surface area contributed by atoms with Crippen LogP contribution in [0.1, 0.15) is 78.1 Å². The van der Waals surface area contributed by atoms with Crippen molar-refractivity contribution < 1.29 is 9.47 Å². The van der Waals surface area contributed by atoms with E-state index in [9.17, 15) is 0 Å². The molecule has 20 heavy (non-hydrogen) atoms. The Hall–Kier alpha value is -0.520. The largest absolute Gasteiger partial charge is 0.382 e. The normalized spacial score (nSPS) is 10.3. The zero-order valence-corrected chi connectivity index (χ0v) is 13.7. The first-order valence-corrected chi connectivity index (χ1v) is 8.53. The van der Waals surface area contributed by atoms with Crippen LogP contribution in [0.15, 0.2) is 0 Å². The summed E-state index contributed by atoms with van der Waals surface area (Å²) < 4.78 is 10.6. The maximum Gasteiger partial charge on any atom is 0.0465 e. The summed E-state index contributed by atoms with van der Waals surface area (Å²) >= 11 is 0. The van der Waals surface area contributed by atoms with Gasteiger partial charge in [0.2, 0.25) is 0 Å². The van der Waals surface area contributed by atoms with Gasteiger partial charge in [-0.25, -0.2) is 0 Å². The van der Waals surface area contributed by atoms with Gasteiger partial charge in [-0.05, 0) is 39.5 Å². The summed E-state index contributed by atoms with van der Waals surface area (Å²) in [5.41, 5.74) is 0. The summed E-state index contributed by atoms with van der Waals surface area (Å²) in [7, 11) is 0. The number of rotatable bonds is 14. The monoisotopic (exact) mass is 282 g/mol. The van der Waals surface area contributed by atoms with Gasteiger partial charge in [-0.15, -0.1) is 11.8 Å². The van der Waals surface area contributed by atoms with Crippen molar-refractivity contribution in [1.82, 2.24) is 0 Å². The Morgan fingerprint density at radius 3 is 1.35 bits per heavy atom. The Balaban J connectivity index is 3.06. The topological polar surface area (TPSA) is 18.5 Å². The zero-order chi connectivity index (χ0) is 14.7. The lowest BCUT2D eigenvalue weighted by atomic mass is 10.1. The van der Waals surface area contributed by atoms with Crippen molar-refractivity contribution in [2.45, 2.75) is 78.1 Å². The van der Waals surface area contributed by atoms with Crippen LogP contribution in [0.2, 0.25) is 0 Å². The molecule has 0 aromatic carbocycles. The van der Waals surface area contributed by atoms with Crippen molar-refractivity contribution in [1.29, 1.82) is 0 Å². The fourth-order valence-electron chi connectivity index (χ4n) is 2.01. The molecule has 2 nitrogen and oxygen atoms in total. The van der Waals surface area contributed by atoms with Crippen LogP contribution in [-0.2, 0) is 9.47 Å². The van der Waals surface area contributed by atoms with E-state index >= 15 is 0 Å². The van der Waals surface area contributed by atoms with E-state index in [1.165, 1.54) is 51.4 Å². The SMILES string of the molecule is CCOCCCCCCC#CCCCCCCOCC. The van der Waals surface area contributed by atoms with Crippen molar-refractivity contribution in [3.8, 4) is 11.8 Å². The van der Waals surface area contributed by atoms with Crippen LogP contribution in [0, 0.1) is 11.8 Å². The van der Waals surface area contributed by atoms with Gasteiger partial charge < -0.3 is 9.47 Å². The summed E-state index contributed by atoms with van der Waals surface area (Å²) in [4.78, 5) is 0. The summed E-state index contributed by atoms with van der Waals surface area (Å²) in [6.07, 6.45) is 12.2. The molecule has 0 saturated heterocycles. The van der Waals surface area contributed by atoms with E-state index in [1.54, 1.807) is 0 Å². The van der Waals surface area contributed by atoms with Gasteiger partial charge in [-0.3, -0.25) is 0 Å². The van der Waals surface area contributed by atoms with E-state index in [0.29, 0.717) is 0 Å². The Kier molecular flexibility index (Phi) is 18.0. The molecule has 0 heterocycles. The lowest BCUT2D eigenvalue weighted by molar-refractivity contribution is 0.143. The van der Waals surface area contributed by atoms with Gasteiger partial charge >= 0.3 is 0 Å². The highest BCUT2D eigenvalue weighted by Crippen LogP contribution is 2.04. The Morgan fingerprint density at radius 1 is 0.550 bits per heavy atom. The number of unbranched alkanes of at least 4 members (excludes halogenated alkanes) is 8. The third-order valence-electron chi connectivity index (χ3n) is 3.21. The second-order valence-electron chi connectivity index (χ2n) is 5.08. The second kappa shape index (κ2) is 18.5. The fourth-order valence-corrected chi connectivity index (χ4v) is 2.01. The molecule has 0 bridgehead atoms. The first-order valence-electron chi connectivity index (χ1n) is 8.53. The molecule has 0 amide bonds. The minimum Gasteiger partial charge on any atom is -0.382 e. The third kappa shape index (κ3) is 17.5. The lowest BCUT2D eigenvalue weighted by Crippen LogP contribution is -1.92. The molecule has 0 aromatic heterocycles. The van der Waals surface area contributed by atoms with Crippen LogP contribution in [-0.4, -0.2) is 26.4 Å². The highest BCUT2D eigenvalue weighted by atomic mass is 16.5. The number of hydrogen-bond donors (Lipinski definition) is 0. The molecule has 0 aromatic rings. The van der Waals surface area contributed by atoms with Crippen molar-refractivity contribution in [3.63, 3.8) is 0 Å². The molecule has 0 fully saturated rings. The first-order chi connectivity index (χ1) is 9.91. The van der Waals surface area contributed by atoms with E-state index in [-0.39, 0.29) is 0 Å². The summed E-state index contributed by atoms with van der Waals surface area (Å²) in [6.45, 7) is 7.63. The molecule has 0 N–H and O–H groups in total. The molecule has 0 rings (SSSR count). The molecule has 0 atom stereocenters. The van der Waals surface area contributed by atoms with Crippen molar-refractivity contribution in [3.05, 3.63) is 0 Å². The first kappa shape index (κ1) is 19.5. The van der Waals surface area contributed by atoms with Gasteiger partial charge in [-0.2, -0.15) is 0 Å². The predicted octanol–water partition coefficient (Wildman–Crippen LogP) is 4.96. The molecule has 0 aliphatic heterocycles. The Labute approximate surface area is 126 Å². The highest BCUT2D eigenvalue weighted by molar-refractivity contribution is 4.98. The van der Waals surface area contributed by atoms with Crippen LogP contribution in [0.25, 0.3) is 0 Å². The molecule has 118 valence electrons. The second-order valence-corrected chi connectivity index (χ2v) is 5.08. The molecule has 0 aliphatic carbocycles. The van der Waals surface area contributed by atoms with Crippen molar-refractivity contribution >= 4 is 0 Å². The van der Waals surface area contributed by atoms with Crippen molar-refractivity contribution in [2.24, 2.45) is 0 Å². The quantitative estimate of drug-likeness (QED) is 0.331. The van der Waals surface area contributed by atoms with Gasteiger partial charge in [0, 0.05) is 39.3 Å². The van der Waals surface area contributed by atoms with E-state index in [0.717, 1.165) is 39.3 Å². The molecule has 0 spiro atoms. The summed E-state index contributed by atoms with van der Waals surface area (Å²) in [5, 5.41) is 0. The van der Waals surface area contributed by atoms with Gasteiger partial charge in [0.15, 0.2) is 0 Å². The molecular formula is C18H34O2. The van der Waals surface area contributed by atoms with Gasteiger partial charge in [0.1, 0.15) is 0 Å². The van der Waals surface area contributed by atoms with Gasteiger partial charge in [0.05, 0.1) is 0 Å². The maximum absolute atomic E-state index is 5.31. The van der Waals surface area contributed by atoms with Crippen LogP contribution < -0.4 is 0 Å². The third-order valence-corrected chi connectivity index (χ3v) is 3.21. The molecular weight excluding hydrogens is 248 g/mol. The summed E-state index contributed by atoms with van der Waals surface area (Å²) in [6, 6.07) is 0. The molecule has 0 aliphatic rings. The van der Waals surface area contributed by atoms with E-state index < -0.39 is 0 Å². The maximum atomic E-state index is 5.31.